The molecule has 2 aromatic carbocycles. The van der Waals surface area contributed by atoms with Crippen LogP contribution in [0.2, 0.25) is 0 Å². The number of hydrogen-bond donors (Lipinski definition) is 2. The van der Waals surface area contributed by atoms with Gasteiger partial charge in [0.25, 0.3) is 0 Å². The van der Waals surface area contributed by atoms with Crippen molar-refractivity contribution in [3.63, 3.8) is 0 Å². The van der Waals surface area contributed by atoms with Gasteiger partial charge in [0.2, 0.25) is 0 Å². The van der Waals surface area contributed by atoms with E-state index in [1.165, 1.54) is 6.07 Å². The van der Waals surface area contributed by atoms with Gasteiger partial charge in [-0.3, -0.25) is 0 Å². The van der Waals surface area contributed by atoms with E-state index in [0.29, 0.717) is 10.9 Å². The van der Waals surface area contributed by atoms with Crippen LogP contribution in [-0.2, 0) is 0 Å². The highest BCUT2D eigenvalue weighted by Crippen LogP contribution is 2.28. The van der Waals surface area contributed by atoms with Crippen LogP contribution in [0.3, 0.4) is 0 Å². The van der Waals surface area contributed by atoms with Gasteiger partial charge in [-0.05, 0) is 41.5 Å². The topological polar surface area (TPSA) is 57.5 Å². The Morgan fingerprint density at radius 3 is 2.53 bits per heavy atom. The minimum absolute atomic E-state index is 0.185. The highest BCUT2D eigenvalue weighted by molar-refractivity contribution is 6.04. The molecule has 3 heteroatoms. The lowest BCUT2D eigenvalue weighted by Crippen LogP contribution is -1.97. The van der Waals surface area contributed by atoms with Crippen molar-refractivity contribution in [2.45, 2.75) is 6.92 Å². The monoisotopic (exact) mass is 202 g/mol. The van der Waals surface area contributed by atoms with Crippen molar-refractivity contribution in [3.8, 4) is 5.75 Å². The van der Waals surface area contributed by atoms with Gasteiger partial charge in [0.1, 0.15) is 5.75 Å². The summed E-state index contributed by atoms with van der Waals surface area (Å²) < 4.78 is 0. The number of aryl methyl sites for hydroxylation is 1. The predicted molar refractivity (Wildman–Crippen MR) is 57.3 cm³/mol. The SMILES string of the molecule is Cc1c(O)ccc2c(C(=O)O)cccc12. The van der Waals surface area contributed by atoms with Gasteiger partial charge in [0.05, 0.1) is 5.56 Å². The van der Waals surface area contributed by atoms with E-state index in [0.717, 1.165) is 5.39 Å². The van der Waals surface area contributed by atoms with Crippen LogP contribution in [0.15, 0.2) is 30.3 Å². The minimum atomic E-state index is -0.953. The molecule has 2 aromatic rings. The fraction of sp³-hybridized carbons (Fsp3) is 0.0833. The van der Waals surface area contributed by atoms with Gasteiger partial charge in [-0.1, -0.05) is 12.1 Å². The van der Waals surface area contributed by atoms with Gasteiger partial charge >= 0.3 is 5.97 Å². The number of carboxylic acid groups (broad SMARTS) is 1. The molecule has 15 heavy (non-hydrogen) atoms. The third kappa shape index (κ3) is 1.42. The maximum Gasteiger partial charge on any atom is 0.336 e. The summed E-state index contributed by atoms with van der Waals surface area (Å²) in [7, 11) is 0. The van der Waals surface area contributed by atoms with Gasteiger partial charge < -0.3 is 10.2 Å². The molecule has 3 nitrogen and oxygen atoms in total. The molecule has 0 unspecified atom stereocenters. The first-order valence-electron chi connectivity index (χ1n) is 4.56. The van der Waals surface area contributed by atoms with E-state index < -0.39 is 5.97 Å². The summed E-state index contributed by atoms with van der Waals surface area (Å²) in [5.41, 5.74) is 0.964. The maximum absolute atomic E-state index is 10.9. The van der Waals surface area contributed by atoms with Crippen molar-refractivity contribution in [1.29, 1.82) is 0 Å². The van der Waals surface area contributed by atoms with Crippen molar-refractivity contribution in [1.82, 2.24) is 0 Å². The molecule has 0 radical (unpaired) electrons. The summed E-state index contributed by atoms with van der Waals surface area (Å²) in [6, 6.07) is 8.18. The zero-order valence-corrected chi connectivity index (χ0v) is 8.19. The van der Waals surface area contributed by atoms with Crippen molar-refractivity contribution in [2.75, 3.05) is 0 Å². The van der Waals surface area contributed by atoms with Gasteiger partial charge in [0, 0.05) is 0 Å². The molecule has 0 saturated carbocycles. The molecular formula is C12H10O3. The fourth-order valence-electron chi connectivity index (χ4n) is 1.68. The average molecular weight is 202 g/mol. The van der Waals surface area contributed by atoms with E-state index in [-0.39, 0.29) is 11.3 Å². The van der Waals surface area contributed by atoms with Crippen LogP contribution in [0.25, 0.3) is 10.8 Å². The molecule has 0 atom stereocenters. The van der Waals surface area contributed by atoms with Crippen molar-refractivity contribution in [2.24, 2.45) is 0 Å². The van der Waals surface area contributed by atoms with Crippen molar-refractivity contribution in [3.05, 3.63) is 41.5 Å². The molecule has 0 aliphatic rings. The molecule has 0 bridgehead atoms. The average Bonchev–Trinajstić information content (AvgIpc) is 2.23. The van der Waals surface area contributed by atoms with Crippen LogP contribution < -0.4 is 0 Å². The Labute approximate surface area is 86.6 Å². The Balaban J connectivity index is 2.89. The van der Waals surface area contributed by atoms with E-state index in [4.69, 9.17) is 5.11 Å². The van der Waals surface area contributed by atoms with Crippen LogP contribution in [0, 0.1) is 6.92 Å². The largest absolute Gasteiger partial charge is 0.508 e. The number of phenols is 1. The summed E-state index contributed by atoms with van der Waals surface area (Å²) in [5.74, 6) is -0.768. The highest BCUT2D eigenvalue weighted by Gasteiger charge is 2.10. The van der Waals surface area contributed by atoms with Gasteiger partial charge in [-0.2, -0.15) is 0 Å². The van der Waals surface area contributed by atoms with Crippen molar-refractivity contribution >= 4 is 16.7 Å². The number of fused-ring (bicyclic) bond motifs is 1. The fourth-order valence-corrected chi connectivity index (χ4v) is 1.68. The molecule has 76 valence electrons. The zero-order valence-electron chi connectivity index (χ0n) is 8.19. The Hall–Kier alpha value is -2.03. The van der Waals surface area contributed by atoms with E-state index in [9.17, 15) is 9.90 Å². The summed E-state index contributed by atoms with van der Waals surface area (Å²) >= 11 is 0. The third-order valence-electron chi connectivity index (χ3n) is 2.53. The first kappa shape index (κ1) is 9.52. The van der Waals surface area contributed by atoms with Gasteiger partial charge in [0.15, 0.2) is 0 Å². The second kappa shape index (κ2) is 3.28. The summed E-state index contributed by atoms with van der Waals surface area (Å²) in [6.07, 6.45) is 0. The summed E-state index contributed by atoms with van der Waals surface area (Å²) in [4.78, 5) is 10.9. The Bertz CT molecular complexity index is 544. The van der Waals surface area contributed by atoms with Gasteiger partial charge in [-0.25, -0.2) is 4.79 Å². The predicted octanol–water partition coefficient (Wildman–Crippen LogP) is 2.55. The number of carbonyl (C=O) groups is 1. The van der Waals surface area contributed by atoms with Crippen LogP contribution >= 0.6 is 0 Å². The molecule has 2 rings (SSSR count). The lowest BCUT2D eigenvalue weighted by atomic mass is 10.0. The molecule has 2 N–H and O–H groups in total. The quantitative estimate of drug-likeness (QED) is 0.747. The van der Waals surface area contributed by atoms with E-state index in [1.807, 2.05) is 0 Å². The van der Waals surface area contributed by atoms with Crippen LogP contribution in [0.4, 0.5) is 0 Å². The molecule has 0 fully saturated rings. The maximum atomic E-state index is 10.9. The molecule has 0 heterocycles. The third-order valence-corrected chi connectivity index (χ3v) is 2.53. The number of benzene rings is 2. The molecule has 0 aliphatic carbocycles. The van der Waals surface area contributed by atoms with Crippen LogP contribution in [0.5, 0.6) is 5.75 Å². The summed E-state index contributed by atoms with van der Waals surface area (Å²) in [6.45, 7) is 1.77. The number of phenolic OH excluding ortho intramolecular Hbond substituents is 1. The zero-order chi connectivity index (χ0) is 11.0. The molecule has 0 aromatic heterocycles. The standard InChI is InChI=1S/C12H10O3/c1-7-8-3-2-4-10(12(14)15)9(8)5-6-11(7)13/h2-6,13H,1H3,(H,14,15). The molecule has 0 saturated heterocycles. The van der Waals surface area contributed by atoms with E-state index in [2.05, 4.69) is 0 Å². The number of rotatable bonds is 1. The lowest BCUT2D eigenvalue weighted by molar-refractivity contribution is 0.0699. The second-order valence-corrected chi connectivity index (χ2v) is 3.42. The summed E-state index contributed by atoms with van der Waals surface area (Å²) in [5, 5.41) is 19.9. The molecule has 0 aliphatic heterocycles. The number of carboxylic acids is 1. The first-order chi connectivity index (χ1) is 7.11. The Morgan fingerprint density at radius 2 is 1.87 bits per heavy atom. The van der Waals surface area contributed by atoms with Crippen LogP contribution in [0.1, 0.15) is 15.9 Å². The minimum Gasteiger partial charge on any atom is -0.508 e. The number of aromatic carboxylic acids is 1. The highest BCUT2D eigenvalue weighted by atomic mass is 16.4. The number of aromatic hydroxyl groups is 1. The van der Waals surface area contributed by atoms with E-state index >= 15 is 0 Å². The molecule has 0 amide bonds. The number of hydrogen-bond acceptors (Lipinski definition) is 2. The first-order valence-corrected chi connectivity index (χ1v) is 4.56. The Kier molecular flexibility index (Phi) is 2.08. The Morgan fingerprint density at radius 1 is 1.13 bits per heavy atom. The molecule has 0 spiro atoms. The van der Waals surface area contributed by atoms with Gasteiger partial charge in [-0.15, -0.1) is 0 Å². The smallest absolute Gasteiger partial charge is 0.336 e. The second-order valence-electron chi connectivity index (χ2n) is 3.42. The van der Waals surface area contributed by atoms with Crippen LogP contribution in [-0.4, -0.2) is 16.2 Å². The van der Waals surface area contributed by atoms with Crippen molar-refractivity contribution < 1.29 is 15.0 Å². The normalized spacial score (nSPS) is 10.5. The molecular weight excluding hydrogens is 192 g/mol. The lowest BCUT2D eigenvalue weighted by Gasteiger charge is -2.06. The van der Waals surface area contributed by atoms with E-state index in [1.54, 1.807) is 31.2 Å².